The van der Waals surface area contributed by atoms with Crippen LogP contribution in [-0.2, 0) is 11.3 Å². The average Bonchev–Trinajstić information content (AvgIpc) is 2.34. The molecule has 0 aliphatic carbocycles. The highest BCUT2D eigenvalue weighted by molar-refractivity contribution is 5.13. The molecule has 1 N–H and O–H groups in total. The highest BCUT2D eigenvalue weighted by Gasteiger charge is 2.15. The first-order chi connectivity index (χ1) is 7.77. The predicted molar refractivity (Wildman–Crippen MR) is 66.2 cm³/mol. The molecule has 0 aromatic heterocycles. The molecule has 90 valence electrons. The fourth-order valence-electron chi connectivity index (χ4n) is 1.70. The zero-order chi connectivity index (χ0) is 11.8. The van der Waals surface area contributed by atoms with Crippen LogP contribution in [0.25, 0.3) is 0 Å². The Morgan fingerprint density at radius 1 is 1.25 bits per heavy atom. The van der Waals surface area contributed by atoms with Gasteiger partial charge in [0.2, 0.25) is 0 Å². The van der Waals surface area contributed by atoms with E-state index in [-0.39, 0.29) is 12.7 Å². The second-order valence-corrected chi connectivity index (χ2v) is 4.23. The van der Waals surface area contributed by atoms with Gasteiger partial charge in [0.1, 0.15) is 0 Å². The molecular weight excluding hydrogens is 200 g/mol. The Bertz CT molecular complexity index is 271. The van der Waals surface area contributed by atoms with Crippen molar-refractivity contribution in [3.8, 4) is 0 Å². The summed E-state index contributed by atoms with van der Waals surface area (Å²) in [5, 5.41) is 9.00. The maximum absolute atomic E-state index is 9.00. The van der Waals surface area contributed by atoms with Crippen LogP contribution in [0.1, 0.15) is 32.3 Å². The van der Waals surface area contributed by atoms with Gasteiger partial charge < -0.3 is 9.84 Å². The quantitative estimate of drug-likeness (QED) is 0.768. The van der Waals surface area contributed by atoms with Crippen LogP contribution in [0.4, 0.5) is 0 Å². The van der Waals surface area contributed by atoms with Gasteiger partial charge in [0.15, 0.2) is 0 Å². The van der Waals surface area contributed by atoms with E-state index in [0.717, 1.165) is 12.8 Å². The summed E-state index contributed by atoms with van der Waals surface area (Å²) in [5.41, 5.74) is 1.19. The third kappa shape index (κ3) is 4.33. The first-order valence-corrected chi connectivity index (χ1v) is 6.04. The molecule has 0 saturated carbocycles. The summed E-state index contributed by atoms with van der Waals surface area (Å²) in [7, 11) is 0. The number of aliphatic hydroxyl groups excluding tert-OH is 1. The van der Waals surface area contributed by atoms with Crippen LogP contribution in [0.2, 0.25) is 0 Å². The van der Waals surface area contributed by atoms with Crippen molar-refractivity contribution >= 4 is 0 Å². The molecule has 0 amide bonds. The summed E-state index contributed by atoms with van der Waals surface area (Å²) in [5.74, 6) is 0.496. The molecular formula is C14H22O2. The van der Waals surface area contributed by atoms with Crippen molar-refractivity contribution < 1.29 is 9.84 Å². The lowest BCUT2D eigenvalue weighted by Gasteiger charge is -2.22. The summed E-state index contributed by atoms with van der Waals surface area (Å²) in [6, 6.07) is 10.2. The second kappa shape index (κ2) is 7.42. The first kappa shape index (κ1) is 13.2. The van der Waals surface area contributed by atoms with E-state index in [4.69, 9.17) is 9.84 Å². The van der Waals surface area contributed by atoms with E-state index in [0.29, 0.717) is 12.5 Å². The lowest BCUT2D eigenvalue weighted by Crippen LogP contribution is -2.22. The van der Waals surface area contributed by atoms with Crippen LogP contribution in [0, 0.1) is 5.92 Å². The fraction of sp³-hybridized carbons (Fsp3) is 0.571. The number of aliphatic hydroxyl groups is 1. The van der Waals surface area contributed by atoms with Gasteiger partial charge in [-0.3, -0.25) is 0 Å². The smallest absolute Gasteiger partial charge is 0.0720 e. The molecule has 0 bridgehead atoms. The van der Waals surface area contributed by atoms with E-state index in [1.54, 1.807) is 0 Å². The number of rotatable bonds is 7. The Hall–Kier alpha value is -0.860. The molecule has 0 aliphatic heterocycles. The molecule has 0 spiro atoms. The Kier molecular flexibility index (Phi) is 6.12. The van der Waals surface area contributed by atoms with Crippen LogP contribution >= 0.6 is 0 Å². The van der Waals surface area contributed by atoms with Crippen molar-refractivity contribution in [3.05, 3.63) is 35.9 Å². The normalized spacial score (nSPS) is 14.7. The van der Waals surface area contributed by atoms with Gasteiger partial charge in [-0.15, -0.1) is 0 Å². The molecule has 0 saturated heterocycles. The van der Waals surface area contributed by atoms with Crippen molar-refractivity contribution in [2.45, 2.75) is 39.4 Å². The van der Waals surface area contributed by atoms with E-state index >= 15 is 0 Å². The van der Waals surface area contributed by atoms with Crippen molar-refractivity contribution in [2.24, 2.45) is 5.92 Å². The molecule has 1 aromatic rings. The average molecular weight is 222 g/mol. The number of hydrogen-bond donors (Lipinski definition) is 1. The van der Waals surface area contributed by atoms with Crippen LogP contribution in [0.15, 0.2) is 30.3 Å². The van der Waals surface area contributed by atoms with Crippen LogP contribution in [0.5, 0.6) is 0 Å². The monoisotopic (exact) mass is 222 g/mol. The van der Waals surface area contributed by atoms with Gasteiger partial charge in [0.25, 0.3) is 0 Å². The van der Waals surface area contributed by atoms with E-state index < -0.39 is 0 Å². The van der Waals surface area contributed by atoms with Gasteiger partial charge >= 0.3 is 0 Å². The Morgan fingerprint density at radius 2 is 1.94 bits per heavy atom. The van der Waals surface area contributed by atoms with E-state index in [1.165, 1.54) is 5.56 Å². The van der Waals surface area contributed by atoms with Crippen molar-refractivity contribution in [1.29, 1.82) is 0 Å². The van der Waals surface area contributed by atoms with E-state index in [9.17, 15) is 0 Å². The Labute approximate surface area is 98.3 Å². The summed E-state index contributed by atoms with van der Waals surface area (Å²) < 4.78 is 5.86. The molecule has 16 heavy (non-hydrogen) atoms. The third-order valence-electron chi connectivity index (χ3n) is 3.00. The number of benzene rings is 1. The van der Waals surface area contributed by atoms with Crippen molar-refractivity contribution in [2.75, 3.05) is 6.61 Å². The van der Waals surface area contributed by atoms with Crippen molar-refractivity contribution in [1.82, 2.24) is 0 Å². The molecule has 1 aromatic carbocycles. The van der Waals surface area contributed by atoms with Gasteiger partial charge in [-0.2, -0.15) is 0 Å². The minimum Gasteiger partial charge on any atom is -0.396 e. The van der Waals surface area contributed by atoms with Crippen LogP contribution in [-0.4, -0.2) is 17.8 Å². The van der Waals surface area contributed by atoms with Gasteiger partial charge in [0.05, 0.1) is 12.7 Å². The summed E-state index contributed by atoms with van der Waals surface area (Å²) >= 11 is 0. The topological polar surface area (TPSA) is 29.5 Å². The minimum atomic E-state index is 0.162. The highest BCUT2D eigenvalue weighted by atomic mass is 16.5. The second-order valence-electron chi connectivity index (χ2n) is 4.23. The molecule has 0 aliphatic rings. The van der Waals surface area contributed by atoms with Gasteiger partial charge in [-0.05, 0) is 17.9 Å². The third-order valence-corrected chi connectivity index (χ3v) is 3.00. The number of ether oxygens (including phenoxy) is 1. The molecule has 0 heterocycles. The maximum atomic E-state index is 9.00. The standard InChI is InChI=1S/C14H22O2/c1-3-12(2)14(9-10-15)16-11-13-7-5-4-6-8-13/h4-8,12,14-15H,3,9-11H2,1-2H3/t12-,14-/m0/s1. The Morgan fingerprint density at radius 3 is 2.50 bits per heavy atom. The zero-order valence-corrected chi connectivity index (χ0v) is 10.2. The molecule has 0 fully saturated rings. The van der Waals surface area contributed by atoms with Gasteiger partial charge in [0, 0.05) is 6.61 Å². The van der Waals surface area contributed by atoms with E-state index in [2.05, 4.69) is 26.0 Å². The molecule has 0 unspecified atom stereocenters. The van der Waals surface area contributed by atoms with Crippen LogP contribution < -0.4 is 0 Å². The molecule has 2 heteroatoms. The molecule has 1 rings (SSSR count). The molecule has 0 radical (unpaired) electrons. The predicted octanol–water partition coefficient (Wildman–Crippen LogP) is 3.00. The molecule has 2 nitrogen and oxygen atoms in total. The number of hydrogen-bond acceptors (Lipinski definition) is 2. The largest absolute Gasteiger partial charge is 0.396 e. The summed E-state index contributed by atoms with van der Waals surface area (Å²) in [6.45, 7) is 5.16. The lowest BCUT2D eigenvalue weighted by atomic mass is 9.99. The highest BCUT2D eigenvalue weighted by Crippen LogP contribution is 2.16. The summed E-state index contributed by atoms with van der Waals surface area (Å²) in [6.07, 6.45) is 1.97. The molecule has 2 atom stereocenters. The van der Waals surface area contributed by atoms with Gasteiger partial charge in [-0.25, -0.2) is 0 Å². The lowest BCUT2D eigenvalue weighted by molar-refractivity contribution is -0.00964. The fourth-order valence-corrected chi connectivity index (χ4v) is 1.70. The minimum absolute atomic E-state index is 0.162. The Balaban J connectivity index is 2.43. The van der Waals surface area contributed by atoms with Gasteiger partial charge in [-0.1, -0.05) is 50.6 Å². The first-order valence-electron chi connectivity index (χ1n) is 6.04. The SMILES string of the molecule is CC[C@H](C)[C@H](CCO)OCc1ccccc1. The maximum Gasteiger partial charge on any atom is 0.0720 e. The van der Waals surface area contributed by atoms with Crippen molar-refractivity contribution in [3.63, 3.8) is 0 Å². The van der Waals surface area contributed by atoms with Crippen LogP contribution in [0.3, 0.4) is 0 Å². The summed E-state index contributed by atoms with van der Waals surface area (Å²) in [4.78, 5) is 0. The zero-order valence-electron chi connectivity index (χ0n) is 10.2. The van der Waals surface area contributed by atoms with E-state index in [1.807, 2.05) is 18.2 Å².